The zero-order chi connectivity index (χ0) is 14.7. The van der Waals surface area contributed by atoms with Crippen LogP contribution in [0.25, 0.3) is 0 Å². The molecule has 0 unspecified atom stereocenters. The highest BCUT2D eigenvalue weighted by atomic mass is 19.1. The molecule has 0 aromatic heterocycles. The summed E-state index contributed by atoms with van der Waals surface area (Å²) in [5.41, 5.74) is 0.832. The Kier molecular flexibility index (Phi) is 3.67. The van der Waals surface area contributed by atoms with Crippen molar-refractivity contribution in [3.63, 3.8) is 0 Å². The zero-order valence-electron chi connectivity index (χ0n) is 10.6. The summed E-state index contributed by atoms with van der Waals surface area (Å²) >= 11 is 0. The normalized spacial score (nSPS) is 9.85. The van der Waals surface area contributed by atoms with Gasteiger partial charge < -0.3 is 10.4 Å². The summed E-state index contributed by atoms with van der Waals surface area (Å²) in [4.78, 5) is 12.0. The monoisotopic (exact) mass is 270 g/mol. The lowest BCUT2D eigenvalue weighted by Crippen LogP contribution is -2.14. The zero-order valence-corrected chi connectivity index (χ0v) is 10.6. The van der Waals surface area contributed by atoms with Crippen molar-refractivity contribution in [2.45, 2.75) is 6.92 Å². The second-order valence-corrected chi connectivity index (χ2v) is 4.21. The molecule has 0 saturated carbocycles. The third kappa shape index (κ3) is 2.59. The molecule has 0 bridgehead atoms. The van der Waals surface area contributed by atoms with E-state index in [9.17, 15) is 14.3 Å². The Morgan fingerprint density at radius 3 is 2.75 bits per heavy atom. The maximum absolute atomic E-state index is 13.7. The van der Waals surface area contributed by atoms with Gasteiger partial charge in [0.1, 0.15) is 11.6 Å². The SMILES string of the molecule is Cc1c(O)cccc1C(=O)Nc1ccc(C#N)cc1F. The Balaban J connectivity index is 2.29. The fourth-order valence-corrected chi connectivity index (χ4v) is 1.75. The van der Waals surface area contributed by atoms with Gasteiger partial charge in [0.2, 0.25) is 0 Å². The Hall–Kier alpha value is -2.87. The van der Waals surface area contributed by atoms with Crippen molar-refractivity contribution < 1.29 is 14.3 Å². The molecule has 2 rings (SSSR count). The van der Waals surface area contributed by atoms with E-state index in [1.165, 1.54) is 30.3 Å². The third-order valence-corrected chi connectivity index (χ3v) is 2.90. The van der Waals surface area contributed by atoms with Crippen molar-refractivity contribution in [2.24, 2.45) is 0 Å². The van der Waals surface area contributed by atoms with E-state index in [2.05, 4.69) is 5.32 Å². The molecule has 0 saturated heterocycles. The average Bonchev–Trinajstić information content (AvgIpc) is 2.44. The molecule has 1 amide bonds. The van der Waals surface area contributed by atoms with Crippen molar-refractivity contribution in [3.8, 4) is 11.8 Å². The molecule has 20 heavy (non-hydrogen) atoms. The van der Waals surface area contributed by atoms with Crippen LogP contribution < -0.4 is 5.32 Å². The lowest BCUT2D eigenvalue weighted by atomic mass is 10.1. The van der Waals surface area contributed by atoms with Crippen LogP contribution in [0.15, 0.2) is 36.4 Å². The van der Waals surface area contributed by atoms with E-state index >= 15 is 0 Å². The summed E-state index contributed by atoms with van der Waals surface area (Å²) in [5, 5.41) is 20.6. The highest BCUT2D eigenvalue weighted by Gasteiger charge is 2.13. The number of hydrogen-bond acceptors (Lipinski definition) is 3. The first-order chi connectivity index (χ1) is 9.52. The number of carbonyl (C=O) groups excluding carboxylic acids is 1. The number of nitrogens with zero attached hydrogens (tertiary/aromatic N) is 1. The maximum atomic E-state index is 13.7. The average molecular weight is 270 g/mol. The molecule has 0 fully saturated rings. The number of nitriles is 1. The fourth-order valence-electron chi connectivity index (χ4n) is 1.75. The van der Waals surface area contributed by atoms with Crippen molar-refractivity contribution in [2.75, 3.05) is 5.32 Å². The smallest absolute Gasteiger partial charge is 0.256 e. The first kappa shape index (κ1) is 13.6. The first-order valence-electron chi connectivity index (χ1n) is 5.82. The lowest BCUT2D eigenvalue weighted by molar-refractivity contribution is 0.102. The number of aromatic hydroxyl groups is 1. The summed E-state index contributed by atoms with van der Waals surface area (Å²) in [6.45, 7) is 1.60. The van der Waals surface area contributed by atoms with E-state index in [0.717, 1.165) is 6.07 Å². The molecule has 5 heteroatoms. The predicted molar refractivity (Wildman–Crippen MR) is 71.9 cm³/mol. The van der Waals surface area contributed by atoms with Crippen LogP contribution in [-0.4, -0.2) is 11.0 Å². The van der Waals surface area contributed by atoms with Gasteiger partial charge in [-0.05, 0) is 37.3 Å². The molecule has 0 aliphatic heterocycles. The second kappa shape index (κ2) is 5.41. The van der Waals surface area contributed by atoms with Crippen LogP contribution in [0.4, 0.5) is 10.1 Å². The van der Waals surface area contributed by atoms with Gasteiger partial charge in [0, 0.05) is 11.1 Å². The van der Waals surface area contributed by atoms with Crippen molar-refractivity contribution in [1.29, 1.82) is 5.26 Å². The van der Waals surface area contributed by atoms with Crippen molar-refractivity contribution in [1.82, 2.24) is 0 Å². The van der Waals surface area contributed by atoms with Gasteiger partial charge >= 0.3 is 0 Å². The molecule has 0 spiro atoms. The maximum Gasteiger partial charge on any atom is 0.256 e. The van der Waals surface area contributed by atoms with E-state index < -0.39 is 11.7 Å². The molecule has 0 atom stereocenters. The Morgan fingerprint density at radius 1 is 1.35 bits per heavy atom. The number of nitrogens with one attached hydrogen (secondary N) is 1. The molecule has 2 aromatic rings. The van der Waals surface area contributed by atoms with Crippen molar-refractivity contribution in [3.05, 3.63) is 58.9 Å². The molecular weight excluding hydrogens is 259 g/mol. The lowest BCUT2D eigenvalue weighted by Gasteiger charge is -2.09. The topological polar surface area (TPSA) is 73.1 Å². The van der Waals surface area contributed by atoms with Crippen molar-refractivity contribution >= 4 is 11.6 Å². The number of hydrogen-bond donors (Lipinski definition) is 2. The Bertz CT molecular complexity index is 720. The number of benzene rings is 2. The summed E-state index contributed by atoms with van der Waals surface area (Å²) in [6.07, 6.45) is 0. The van der Waals surface area contributed by atoms with Crippen LogP contribution >= 0.6 is 0 Å². The molecule has 100 valence electrons. The minimum Gasteiger partial charge on any atom is -0.508 e. The third-order valence-electron chi connectivity index (χ3n) is 2.90. The summed E-state index contributed by atoms with van der Waals surface area (Å²) < 4.78 is 13.7. The quantitative estimate of drug-likeness (QED) is 0.881. The van der Waals surface area contributed by atoms with Gasteiger partial charge in [0.15, 0.2) is 0 Å². The number of halogens is 1. The van der Waals surface area contributed by atoms with Gasteiger partial charge in [-0.15, -0.1) is 0 Å². The number of rotatable bonds is 2. The number of phenolic OH excluding ortho intramolecular Hbond substituents is 1. The molecule has 2 N–H and O–H groups in total. The molecule has 0 aliphatic carbocycles. The van der Waals surface area contributed by atoms with Crippen LogP contribution in [-0.2, 0) is 0 Å². The summed E-state index contributed by atoms with van der Waals surface area (Å²) in [7, 11) is 0. The molecule has 0 aliphatic rings. The molecule has 0 heterocycles. The largest absolute Gasteiger partial charge is 0.508 e. The highest BCUT2D eigenvalue weighted by Crippen LogP contribution is 2.22. The first-order valence-corrected chi connectivity index (χ1v) is 5.82. The van der Waals surface area contributed by atoms with Crippen LogP contribution in [0.3, 0.4) is 0 Å². The van der Waals surface area contributed by atoms with Crippen LogP contribution in [0.5, 0.6) is 5.75 Å². The molecule has 0 radical (unpaired) electrons. The van der Waals surface area contributed by atoms with Gasteiger partial charge in [-0.3, -0.25) is 4.79 Å². The molecular formula is C15H11FN2O2. The summed E-state index contributed by atoms with van der Waals surface area (Å²) in [5.74, 6) is -1.21. The van der Waals surface area contributed by atoms with E-state index in [1.54, 1.807) is 6.92 Å². The highest BCUT2D eigenvalue weighted by molar-refractivity contribution is 6.05. The van der Waals surface area contributed by atoms with Gasteiger partial charge in [0.05, 0.1) is 17.3 Å². The minimum atomic E-state index is -0.685. The van der Waals surface area contributed by atoms with E-state index in [0.29, 0.717) is 5.56 Å². The Labute approximate surface area is 115 Å². The van der Waals surface area contributed by atoms with Gasteiger partial charge in [-0.2, -0.15) is 5.26 Å². The number of anilines is 1. The number of amides is 1. The number of carbonyl (C=O) groups is 1. The minimum absolute atomic E-state index is 0.00190. The molecule has 4 nitrogen and oxygen atoms in total. The number of phenols is 1. The van der Waals surface area contributed by atoms with E-state index in [1.807, 2.05) is 6.07 Å². The fraction of sp³-hybridized carbons (Fsp3) is 0.0667. The standard InChI is InChI=1S/C15H11FN2O2/c1-9-11(3-2-4-14(9)19)15(20)18-13-6-5-10(8-17)7-12(13)16/h2-7,19H,1H3,(H,18,20). The van der Waals surface area contributed by atoms with Gasteiger partial charge in [0.25, 0.3) is 5.91 Å². The van der Waals surface area contributed by atoms with Crippen LogP contribution in [0.2, 0.25) is 0 Å². The van der Waals surface area contributed by atoms with Gasteiger partial charge in [-0.1, -0.05) is 6.07 Å². The van der Waals surface area contributed by atoms with E-state index in [-0.39, 0.29) is 22.6 Å². The Morgan fingerprint density at radius 2 is 2.10 bits per heavy atom. The predicted octanol–water partition coefficient (Wildman–Crippen LogP) is 2.96. The van der Waals surface area contributed by atoms with E-state index in [4.69, 9.17) is 5.26 Å². The molecule has 2 aromatic carbocycles. The summed E-state index contributed by atoms with van der Waals surface area (Å²) in [6, 6.07) is 10.1. The van der Waals surface area contributed by atoms with Gasteiger partial charge in [-0.25, -0.2) is 4.39 Å². The van der Waals surface area contributed by atoms with Crippen LogP contribution in [0.1, 0.15) is 21.5 Å². The van der Waals surface area contributed by atoms with Crippen LogP contribution in [0, 0.1) is 24.1 Å². The second-order valence-electron chi connectivity index (χ2n) is 4.21.